The summed E-state index contributed by atoms with van der Waals surface area (Å²) in [6.07, 6.45) is 3.78. The average molecular weight is 703 g/mol. The van der Waals surface area contributed by atoms with Crippen LogP contribution in [0.15, 0.2) is 207 Å². The molecule has 8 aromatic carbocycles. The SMILES string of the molecule is c1ccc(C2(c3ccccc3)c3ccccc3-c3ccc(N(c4ccc(-c5ccc6c7c(cccc57)-c5ccccc5O6)cc4)c4cccnc4)cc32)cc1. The van der Waals surface area contributed by atoms with Crippen LogP contribution < -0.4 is 9.64 Å². The van der Waals surface area contributed by atoms with E-state index >= 15 is 0 Å². The Balaban J connectivity index is 1.07. The highest BCUT2D eigenvalue weighted by atomic mass is 16.5. The van der Waals surface area contributed by atoms with Crippen molar-refractivity contribution in [2.75, 3.05) is 4.90 Å². The second kappa shape index (κ2) is 12.4. The molecular weight excluding hydrogens is 669 g/mol. The van der Waals surface area contributed by atoms with Crippen LogP contribution in [0.4, 0.5) is 17.1 Å². The molecule has 1 aromatic heterocycles. The number of aromatic nitrogens is 1. The number of fused-ring (bicyclic) bond motifs is 5. The molecule has 0 fully saturated rings. The van der Waals surface area contributed by atoms with Gasteiger partial charge in [-0.3, -0.25) is 4.98 Å². The van der Waals surface area contributed by atoms with Gasteiger partial charge in [0.05, 0.1) is 17.3 Å². The van der Waals surface area contributed by atoms with E-state index in [1.165, 1.54) is 49.9 Å². The fraction of sp³-hybridized carbons (Fsp3) is 0.0192. The summed E-state index contributed by atoms with van der Waals surface area (Å²) in [6, 6.07) is 70.0. The first-order valence-electron chi connectivity index (χ1n) is 18.8. The lowest BCUT2D eigenvalue weighted by molar-refractivity contribution is 0.487. The lowest BCUT2D eigenvalue weighted by Gasteiger charge is -2.34. The van der Waals surface area contributed by atoms with E-state index in [0.717, 1.165) is 45.1 Å². The third-order valence-electron chi connectivity index (χ3n) is 11.4. The standard InChI is InChI=1S/C52H34N2O/c1-3-13-36(14-4-1)52(37-15-5-2-6-16-37)47-22-9-7-18-42(47)43-29-28-39(33-48(43)52)54(40-17-12-32-53-34-40)38-26-24-35(25-27-38)41-30-31-50-51-45(41)20-11-21-46(51)44-19-8-10-23-49(44)55-50/h1-34H. The van der Waals surface area contributed by atoms with Crippen LogP contribution in [-0.2, 0) is 5.41 Å². The van der Waals surface area contributed by atoms with E-state index in [1.807, 2.05) is 30.6 Å². The molecule has 2 heterocycles. The minimum Gasteiger partial charge on any atom is -0.456 e. The van der Waals surface area contributed by atoms with E-state index in [1.54, 1.807) is 0 Å². The van der Waals surface area contributed by atoms with Gasteiger partial charge in [-0.15, -0.1) is 0 Å². The second-order valence-electron chi connectivity index (χ2n) is 14.3. The third kappa shape index (κ3) is 4.73. The molecule has 11 rings (SSSR count). The molecule has 9 aromatic rings. The summed E-state index contributed by atoms with van der Waals surface area (Å²) >= 11 is 0. The Bertz CT molecular complexity index is 2850. The van der Waals surface area contributed by atoms with Gasteiger partial charge in [-0.25, -0.2) is 0 Å². The van der Waals surface area contributed by atoms with Gasteiger partial charge in [0.2, 0.25) is 0 Å². The molecule has 55 heavy (non-hydrogen) atoms. The Morgan fingerprint density at radius 2 is 1.07 bits per heavy atom. The van der Waals surface area contributed by atoms with Gasteiger partial charge in [0.1, 0.15) is 11.5 Å². The van der Waals surface area contributed by atoms with Crippen molar-refractivity contribution in [1.82, 2.24) is 4.98 Å². The minimum atomic E-state index is -0.492. The fourth-order valence-corrected chi connectivity index (χ4v) is 9.13. The molecule has 0 atom stereocenters. The third-order valence-corrected chi connectivity index (χ3v) is 11.4. The number of anilines is 3. The van der Waals surface area contributed by atoms with E-state index in [-0.39, 0.29) is 0 Å². The molecule has 0 N–H and O–H groups in total. The summed E-state index contributed by atoms with van der Waals surface area (Å²) in [7, 11) is 0. The number of rotatable bonds is 6. The predicted molar refractivity (Wildman–Crippen MR) is 225 cm³/mol. The summed E-state index contributed by atoms with van der Waals surface area (Å²) in [6.45, 7) is 0. The van der Waals surface area contributed by atoms with Crippen LogP contribution in [0.1, 0.15) is 22.3 Å². The van der Waals surface area contributed by atoms with E-state index in [9.17, 15) is 0 Å². The van der Waals surface area contributed by atoms with Gasteiger partial charge in [-0.05, 0) is 104 Å². The Hall–Kier alpha value is -7.23. The lowest BCUT2D eigenvalue weighted by Crippen LogP contribution is -2.28. The quantitative estimate of drug-likeness (QED) is 0.172. The summed E-state index contributed by atoms with van der Waals surface area (Å²) in [5.41, 5.74) is 14.9. The first-order chi connectivity index (χ1) is 27.3. The highest BCUT2D eigenvalue weighted by Gasteiger charge is 2.46. The van der Waals surface area contributed by atoms with Gasteiger partial charge < -0.3 is 9.64 Å². The largest absolute Gasteiger partial charge is 0.456 e. The molecule has 1 aliphatic carbocycles. The highest BCUT2D eigenvalue weighted by Crippen LogP contribution is 2.57. The number of ether oxygens (including phenoxy) is 1. The maximum absolute atomic E-state index is 6.40. The Morgan fingerprint density at radius 3 is 1.84 bits per heavy atom. The maximum atomic E-state index is 6.40. The van der Waals surface area contributed by atoms with Gasteiger partial charge in [0.25, 0.3) is 0 Å². The van der Waals surface area contributed by atoms with Crippen LogP contribution in [0.3, 0.4) is 0 Å². The Labute approximate surface area is 320 Å². The molecule has 0 saturated carbocycles. The molecule has 2 aliphatic rings. The van der Waals surface area contributed by atoms with Crippen molar-refractivity contribution in [2.45, 2.75) is 5.41 Å². The lowest BCUT2D eigenvalue weighted by atomic mass is 9.67. The van der Waals surface area contributed by atoms with Crippen LogP contribution in [-0.4, -0.2) is 4.98 Å². The van der Waals surface area contributed by atoms with Gasteiger partial charge >= 0.3 is 0 Å². The van der Waals surface area contributed by atoms with Crippen molar-refractivity contribution >= 4 is 27.8 Å². The zero-order valence-electron chi connectivity index (χ0n) is 29.9. The molecule has 0 radical (unpaired) electrons. The average Bonchev–Trinajstić information content (AvgIpc) is 3.56. The first-order valence-corrected chi connectivity index (χ1v) is 18.8. The molecule has 258 valence electrons. The molecule has 3 nitrogen and oxygen atoms in total. The second-order valence-corrected chi connectivity index (χ2v) is 14.3. The normalized spacial score (nSPS) is 13.0. The summed E-state index contributed by atoms with van der Waals surface area (Å²) in [4.78, 5) is 6.90. The van der Waals surface area contributed by atoms with E-state index in [4.69, 9.17) is 4.74 Å². The van der Waals surface area contributed by atoms with Gasteiger partial charge in [-0.1, -0.05) is 146 Å². The molecule has 3 heteroatoms. The van der Waals surface area contributed by atoms with Gasteiger partial charge in [0, 0.05) is 28.5 Å². The van der Waals surface area contributed by atoms with E-state index in [0.29, 0.717) is 0 Å². The molecule has 0 spiro atoms. The Kier molecular flexibility index (Phi) is 7.08. The van der Waals surface area contributed by atoms with Gasteiger partial charge in [-0.2, -0.15) is 0 Å². The number of nitrogens with zero attached hydrogens (tertiary/aromatic N) is 2. The Morgan fingerprint density at radius 1 is 0.418 bits per heavy atom. The van der Waals surface area contributed by atoms with Crippen molar-refractivity contribution in [3.8, 4) is 44.9 Å². The van der Waals surface area contributed by atoms with Crippen molar-refractivity contribution in [1.29, 1.82) is 0 Å². The molecule has 0 saturated heterocycles. The number of pyridine rings is 1. The smallest absolute Gasteiger partial charge is 0.135 e. The molecule has 0 bridgehead atoms. The van der Waals surface area contributed by atoms with Crippen LogP contribution in [0.25, 0.3) is 44.2 Å². The fourth-order valence-electron chi connectivity index (χ4n) is 9.13. The first kappa shape index (κ1) is 31.3. The van der Waals surface area contributed by atoms with Crippen LogP contribution in [0.2, 0.25) is 0 Å². The van der Waals surface area contributed by atoms with Crippen molar-refractivity contribution in [3.05, 3.63) is 229 Å². The van der Waals surface area contributed by atoms with Gasteiger partial charge in [0.15, 0.2) is 0 Å². The molecule has 0 unspecified atom stereocenters. The van der Waals surface area contributed by atoms with Crippen LogP contribution in [0, 0.1) is 0 Å². The van der Waals surface area contributed by atoms with Crippen LogP contribution >= 0.6 is 0 Å². The van der Waals surface area contributed by atoms with Crippen LogP contribution in [0.5, 0.6) is 11.5 Å². The number of hydrogen-bond acceptors (Lipinski definition) is 3. The van der Waals surface area contributed by atoms with Crippen molar-refractivity contribution < 1.29 is 4.74 Å². The van der Waals surface area contributed by atoms with E-state index in [2.05, 4.69) is 186 Å². The monoisotopic (exact) mass is 702 g/mol. The molecule has 1 aliphatic heterocycles. The highest BCUT2D eigenvalue weighted by molar-refractivity contribution is 6.10. The zero-order chi connectivity index (χ0) is 36.3. The van der Waals surface area contributed by atoms with Crippen molar-refractivity contribution in [2.24, 2.45) is 0 Å². The topological polar surface area (TPSA) is 25.4 Å². The number of benzene rings is 8. The molecular formula is C52H34N2O. The van der Waals surface area contributed by atoms with Crippen molar-refractivity contribution in [3.63, 3.8) is 0 Å². The summed E-state index contributed by atoms with van der Waals surface area (Å²) in [5.74, 6) is 1.79. The minimum absolute atomic E-state index is 0.492. The number of hydrogen-bond donors (Lipinski definition) is 0. The summed E-state index contributed by atoms with van der Waals surface area (Å²) in [5, 5.41) is 2.33. The maximum Gasteiger partial charge on any atom is 0.135 e. The van der Waals surface area contributed by atoms with E-state index < -0.39 is 5.41 Å². The summed E-state index contributed by atoms with van der Waals surface area (Å²) < 4.78 is 6.40. The molecule has 0 amide bonds. The number of para-hydroxylation sites is 1. The zero-order valence-corrected chi connectivity index (χ0v) is 29.9. The predicted octanol–water partition coefficient (Wildman–Crippen LogP) is 13.5.